The van der Waals surface area contributed by atoms with Crippen LogP contribution >= 0.6 is 0 Å². The number of hydrogen-bond acceptors (Lipinski definition) is 2. The van der Waals surface area contributed by atoms with Crippen LogP contribution in [0.3, 0.4) is 0 Å². The van der Waals surface area contributed by atoms with Crippen LogP contribution in [0.25, 0.3) is 0 Å². The van der Waals surface area contributed by atoms with E-state index < -0.39 is 0 Å². The minimum absolute atomic E-state index is 0.0766. The molecule has 0 amide bonds. The number of rotatable bonds is 35. The summed E-state index contributed by atoms with van der Waals surface area (Å²) in [6.07, 6.45) is 57.2. The van der Waals surface area contributed by atoms with E-state index in [-0.39, 0.29) is 6.10 Å². The van der Waals surface area contributed by atoms with Gasteiger partial charge in [0.1, 0.15) is 0 Å². The quantitative estimate of drug-likeness (QED) is 0.0508. The molecule has 61 heavy (non-hydrogen) atoms. The molecule has 0 radical (unpaired) electrons. The molecule has 360 valence electrons. The Labute approximate surface area is 384 Å². The summed E-state index contributed by atoms with van der Waals surface area (Å²) in [6, 6.07) is 0. The van der Waals surface area contributed by atoms with Gasteiger partial charge in [-0.1, -0.05) is 246 Å². The fraction of sp³-hybridized carbons (Fsp3) is 0.966. The Kier molecular flexibility index (Phi) is 29.9. The molecule has 0 aromatic heterocycles. The standard InChI is InChI=1S/C32H66O.C27H46O/c1-3-5-7-9-11-13-15-17-19-21-23-25-27-29-31-33-32-30-28-26-24-22-20-18-16-14-12-10-8-6-4-2;1-18(2)7-6-8-19(3)23-11-12-24-22-10-9-20-17-21(28)13-15-26(20,4)25(22)14-16-27(23,24)5/h3-32H2,1-2H3;9,18-19,21-25,28H,6-8,10-17H2,1-5H3/t;19?,21-,22-,23+,24-,25-,26-,27+/m.0/s1. The minimum atomic E-state index is -0.0766. The maximum atomic E-state index is 10.2. The van der Waals surface area contributed by atoms with Gasteiger partial charge in [0, 0.05) is 13.2 Å². The topological polar surface area (TPSA) is 29.5 Å². The van der Waals surface area contributed by atoms with Crippen molar-refractivity contribution in [2.45, 2.75) is 305 Å². The van der Waals surface area contributed by atoms with Gasteiger partial charge in [-0.3, -0.25) is 0 Å². The number of aliphatic hydroxyl groups excluding tert-OH is 1. The molecular weight excluding hydrogens is 741 g/mol. The Hall–Kier alpha value is -0.340. The zero-order valence-electron chi connectivity index (χ0n) is 43.0. The Morgan fingerprint density at radius 1 is 0.541 bits per heavy atom. The molecule has 0 aromatic rings. The maximum absolute atomic E-state index is 10.2. The van der Waals surface area contributed by atoms with Gasteiger partial charge in [-0.15, -0.1) is 0 Å². The predicted molar refractivity (Wildman–Crippen MR) is 270 cm³/mol. The van der Waals surface area contributed by atoms with Crippen molar-refractivity contribution in [2.24, 2.45) is 46.3 Å². The van der Waals surface area contributed by atoms with Crippen LogP contribution in [0, 0.1) is 46.3 Å². The Morgan fingerprint density at radius 3 is 1.46 bits per heavy atom. The van der Waals surface area contributed by atoms with Crippen LogP contribution in [0.5, 0.6) is 0 Å². The van der Waals surface area contributed by atoms with Crippen molar-refractivity contribution in [3.63, 3.8) is 0 Å². The molecule has 1 unspecified atom stereocenters. The van der Waals surface area contributed by atoms with Crippen molar-refractivity contribution < 1.29 is 9.84 Å². The highest BCUT2D eigenvalue weighted by atomic mass is 16.5. The summed E-state index contributed by atoms with van der Waals surface area (Å²) in [5.41, 5.74) is 2.60. The number of unbranched alkanes of at least 4 members (excludes halogenated alkanes) is 26. The molecule has 4 aliphatic carbocycles. The number of ether oxygens (including phenoxy) is 1. The minimum Gasteiger partial charge on any atom is -0.393 e. The van der Waals surface area contributed by atoms with Gasteiger partial charge in [0.25, 0.3) is 0 Å². The van der Waals surface area contributed by atoms with Crippen LogP contribution in [-0.2, 0) is 4.74 Å². The highest BCUT2D eigenvalue weighted by Crippen LogP contribution is 2.67. The van der Waals surface area contributed by atoms with E-state index >= 15 is 0 Å². The molecular formula is C59H112O2. The third-order valence-corrected chi connectivity index (χ3v) is 17.6. The van der Waals surface area contributed by atoms with E-state index in [2.05, 4.69) is 54.5 Å². The Bertz CT molecular complexity index is 1030. The SMILES string of the molecule is CC(C)CCCC(C)[C@H]1CC[C@H]2[C@@H]3CC=C4C[C@@H](O)CC[C@]4(C)[C@H]3CC[C@]12C.CCCCCCCCCCCCCCCCOCCCCCCCCCCCCCCCC. The van der Waals surface area contributed by atoms with Gasteiger partial charge in [-0.05, 0) is 111 Å². The molecule has 0 aromatic carbocycles. The average molecular weight is 854 g/mol. The second kappa shape index (κ2) is 33.2. The number of aliphatic hydroxyl groups is 1. The van der Waals surface area contributed by atoms with Crippen LogP contribution < -0.4 is 0 Å². The molecule has 3 fully saturated rings. The highest BCUT2D eigenvalue weighted by Gasteiger charge is 2.59. The van der Waals surface area contributed by atoms with E-state index in [9.17, 15) is 5.11 Å². The van der Waals surface area contributed by atoms with Crippen LogP contribution in [0.4, 0.5) is 0 Å². The second-order valence-electron chi connectivity index (χ2n) is 23.0. The van der Waals surface area contributed by atoms with Crippen molar-refractivity contribution in [3.05, 3.63) is 11.6 Å². The Balaban J connectivity index is 0.000000328. The van der Waals surface area contributed by atoms with Gasteiger partial charge in [-0.2, -0.15) is 0 Å². The van der Waals surface area contributed by atoms with Crippen molar-refractivity contribution in [3.8, 4) is 0 Å². The van der Waals surface area contributed by atoms with Crippen molar-refractivity contribution in [2.75, 3.05) is 13.2 Å². The van der Waals surface area contributed by atoms with E-state index in [1.54, 1.807) is 5.57 Å². The molecule has 3 saturated carbocycles. The Morgan fingerprint density at radius 2 is 1.00 bits per heavy atom. The van der Waals surface area contributed by atoms with Crippen LogP contribution in [0.15, 0.2) is 11.6 Å². The average Bonchev–Trinajstić information content (AvgIpc) is 3.61. The van der Waals surface area contributed by atoms with E-state index in [1.165, 1.54) is 238 Å². The molecule has 2 nitrogen and oxygen atoms in total. The zero-order chi connectivity index (χ0) is 44.0. The number of allylic oxidation sites excluding steroid dienone is 1. The van der Waals surface area contributed by atoms with Gasteiger partial charge < -0.3 is 9.84 Å². The largest absolute Gasteiger partial charge is 0.393 e. The van der Waals surface area contributed by atoms with Crippen LogP contribution in [-0.4, -0.2) is 24.4 Å². The summed E-state index contributed by atoms with van der Waals surface area (Å²) in [4.78, 5) is 0. The first-order valence-electron chi connectivity index (χ1n) is 28.6. The number of fused-ring (bicyclic) bond motifs is 5. The first kappa shape index (κ1) is 55.0. The van der Waals surface area contributed by atoms with Crippen molar-refractivity contribution in [1.29, 1.82) is 0 Å². The normalized spacial score (nSPS) is 27.6. The third-order valence-electron chi connectivity index (χ3n) is 17.6. The lowest BCUT2D eigenvalue weighted by molar-refractivity contribution is -0.0573. The molecule has 0 heterocycles. The first-order chi connectivity index (χ1) is 29.7. The highest BCUT2D eigenvalue weighted by molar-refractivity contribution is 5.25. The maximum Gasteiger partial charge on any atom is 0.0577 e. The number of hydrogen-bond donors (Lipinski definition) is 1. The lowest BCUT2D eigenvalue weighted by atomic mass is 9.47. The first-order valence-corrected chi connectivity index (χ1v) is 28.6. The fourth-order valence-corrected chi connectivity index (χ4v) is 13.6. The fourth-order valence-electron chi connectivity index (χ4n) is 13.6. The molecule has 0 aliphatic heterocycles. The van der Waals surface area contributed by atoms with Gasteiger partial charge >= 0.3 is 0 Å². The van der Waals surface area contributed by atoms with E-state index in [1.807, 2.05) is 0 Å². The van der Waals surface area contributed by atoms with Gasteiger partial charge in [0.2, 0.25) is 0 Å². The summed E-state index contributed by atoms with van der Waals surface area (Å²) in [7, 11) is 0. The molecule has 0 bridgehead atoms. The van der Waals surface area contributed by atoms with E-state index in [0.717, 1.165) is 61.6 Å². The van der Waals surface area contributed by atoms with Gasteiger partial charge in [0.15, 0.2) is 0 Å². The molecule has 4 rings (SSSR count). The van der Waals surface area contributed by atoms with Gasteiger partial charge in [0.05, 0.1) is 6.10 Å². The van der Waals surface area contributed by atoms with Crippen LogP contribution in [0.2, 0.25) is 0 Å². The molecule has 8 atom stereocenters. The summed E-state index contributed by atoms with van der Waals surface area (Å²) in [5, 5.41) is 10.2. The monoisotopic (exact) mass is 853 g/mol. The van der Waals surface area contributed by atoms with Crippen molar-refractivity contribution in [1.82, 2.24) is 0 Å². The van der Waals surface area contributed by atoms with Gasteiger partial charge in [-0.25, -0.2) is 0 Å². The van der Waals surface area contributed by atoms with E-state index in [4.69, 9.17) is 4.74 Å². The lowest BCUT2D eigenvalue weighted by Gasteiger charge is -2.58. The smallest absolute Gasteiger partial charge is 0.0577 e. The second-order valence-corrected chi connectivity index (χ2v) is 23.0. The summed E-state index contributed by atoms with van der Waals surface area (Å²) in [5.74, 6) is 5.46. The molecule has 0 saturated heterocycles. The van der Waals surface area contributed by atoms with Crippen LogP contribution in [0.1, 0.15) is 299 Å². The van der Waals surface area contributed by atoms with Crippen molar-refractivity contribution >= 4 is 0 Å². The molecule has 0 spiro atoms. The lowest BCUT2D eigenvalue weighted by Crippen LogP contribution is -2.50. The summed E-state index contributed by atoms with van der Waals surface area (Å²) in [6.45, 7) is 19.2. The summed E-state index contributed by atoms with van der Waals surface area (Å²) < 4.78 is 5.85. The summed E-state index contributed by atoms with van der Waals surface area (Å²) >= 11 is 0. The molecule has 2 heteroatoms. The van der Waals surface area contributed by atoms with E-state index in [0.29, 0.717) is 10.8 Å². The predicted octanol–water partition coefficient (Wildman–Crippen LogP) is 19.4. The third kappa shape index (κ3) is 20.8. The zero-order valence-corrected chi connectivity index (χ0v) is 43.0. The molecule has 1 N–H and O–H groups in total. The molecule has 4 aliphatic rings.